The van der Waals surface area contributed by atoms with Crippen LogP contribution in [0.25, 0.3) is 11.3 Å². The van der Waals surface area contributed by atoms with E-state index in [1.807, 2.05) is 0 Å². The smallest absolute Gasteiger partial charge is 0.417 e. The Morgan fingerprint density at radius 3 is 2.58 bits per heavy atom. The second-order valence-electron chi connectivity index (χ2n) is 3.99. The Balaban J connectivity index is 2.39. The maximum atomic E-state index is 12.8. The molecule has 0 saturated carbocycles. The molecular formula is C13H11BrF3NO. The molecule has 1 aromatic carbocycles. The van der Waals surface area contributed by atoms with Crippen molar-refractivity contribution >= 4 is 15.9 Å². The molecule has 19 heavy (non-hydrogen) atoms. The van der Waals surface area contributed by atoms with Crippen molar-refractivity contribution in [1.82, 2.24) is 5.32 Å². The van der Waals surface area contributed by atoms with Crippen LogP contribution in [0.4, 0.5) is 13.2 Å². The molecule has 1 heterocycles. The van der Waals surface area contributed by atoms with Crippen molar-refractivity contribution in [2.45, 2.75) is 12.7 Å². The summed E-state index contributed by atoms with van der Waals surface area (Å²) in [6.07, 6.45) is -4.39. The van der Waals surface area contributed by atoms with Gasteiger partial charge in [-0.05, 0) is 31.3 Å². The molecule has 0 bridgehead atoms. The normalized spacial score (nSPS) is 11.8. The summed E-state index contributed by atoms with van der Waals surface area (Å²) in [6, 6.07) is 7.43. The molecule has 102 valence electrons. The van der Waals surface area contributed by atoms with Crippen molar-refractivity contribution in [3.63, 3.8) is 0 Å². The van der Waals surface area contributed by atoms with Gasteiger partial charge >= 0.3 is 6.18 Å². The number of rotatable bonds is 3. The summed E-state index contributed by atoms with van der Waals surface area (Å²) >= 11 is 2.91. The van der Waals surface area contributed by atoms with E-state index >= 15 is 0 Å². The molecule has 0 amide bonds. The van der Waals surface area contributed by atoms with E-state index in [0.717, 1.165) is 6.07 Å². The van der Waals surface area contributed by atoms with E-state index in [4.69, 9.17) is 4.42 Å². The van der Waals surface area contributed by atoms with Crippen LogP contribution in [-0.2, 0) is 12.7 Å². The highest BCUT2D eigenvalue weighted by atomic mass is 79.9. The van der Waals surface area contributed by atoms with Gasteiger partial charge in [-0.15, -0.1) is 0 Å². The lowest BCUT2D eigenvalue weighted by atomic mass is 10.1. The second kappa shape index (κ2) is 5.38. The molecule has 2 aromatic rings. The summed E-state index contributed by atoms with van der Waals surface area (Å²) in [5, 5.41) is 2.91. The predicted octanol–water partition coefficient (Wildman–Crippen LogP) is 4.45. The average molecular weight is 334 g/mol. The highest BCUT2D eigenvalue weighted by Crippen LogP contribution is 2.37. The van der Waals surface area contributed by atoms with Crippen molar-refractivity contribution in [3.05, 3.63) is 46.1 Å². The molecule has 2 nitrogen and oxygen atoms in total. The Bertz CT molecular complexity index is 578. The number of halogens is 4. The SMILES string of the molecule is CNCc1ccc(-c2ccc(Br)c(C(F)(F)F)c2)o1. The van der Waals surface area contributed by atoms with Crippen LogP contribution in [0.2, 0.25) is 0 Å². The van der Waals surface area contributed by atoms with Crippen molar-refractivity contribution in [2.75, 3.05) is 7.05 Å². The zero-order valence-electron chi connectivity index (χ0n) is 10.0. The molecular weight excluding hydrogens is 323 g/mol. The first-order chi connectivity index (χ1) is 8.91. The van der Waals surface area contributed by atoms with Gasteiger partial charge in [0.1, 0.15) is 11.5 Å². The highest BCUT2D eigenvalue weighted by molar-refractivity contribution is 9.10. The number of benzene rings is 1. The zero-order chi connectivity index (χ0) is 14.0. The summed E-state index contributed by atoms with van der Waals surface area (Å²) in [5.74, 6) is 1.09. The summed E-state index contributed by atoms with van der Waals surface area (Å²) in [6.45, 7) is 0.530. The van der Waals surface area contributed by atoms with Crippen LogP contribution >= 0.6 is 15.9 Å². The average Bonchev–Trinajstić information content (AvgIpc) is 2.77. The van der Waals surface area contributed by atoms with Crippen molar-refractivity contribution in [2.24, 2.45) is 0 Å². The van der Waals surface area contributed by atoms with Crippen LogP contribution in [-0.4, -0.2) is 7.05 Å². The van der Waals surface area contributed by atoms with Gasteiger partial charge in [0.2, 0.25) is 0 Å². The van der Waals surface area contributed by atoms with E-state index in [0.29, 0.717) is 23.6 Å². The topological polar surface area (TPSA) is 25.2 Å². The molecule has 0 aliphatic heterocycles. The molecule has 0 radical (unpaired) electrons. The summed E-state index contributed by atoms with van der Waals surface area (Å²) in [7, 11) is 1.77. The van der Waals surface area contributed by atoms with Gasteiger partial charge in [0.25, 0.3) is 0 Å². The Labute approximate surface area is 116 Å². The van der Waals surface area contributed by atoms with Gasteiger partial charge in [0.05, 0.1) is 12.1 Å². The standard InChI is InChI=1S/C13H11BrF3NO/c1-18-7-9-3-5-12(19-9)8-2-4-11(14)10(6-8)13(15,16)17/h2-6,18H,7H2,1H3. The van der Waals surface area contributed by atoms with E-state index in [1.54, 1.807) is 25.2 Å². The van der Waals surface area contributed by atoms with Crippen LogP contribution in [0, 0.1) is 0 Å². The fraction of sp³-hybridized carbons (Fsp3) is 0.231. The van der Waals surface area contributed by atoms with Gasteiger partial charge in [-0.3, -0.25) is 0 Å². The predicted molar refractivity (Wildman–Crippen MR) is 69.6 cm³/mol. The first kappa shape index (κ1) is 14.1. The molecule has 0 aliphatic carbocycles. The van der Waals surface area contributed by atoms with Gasteiger partial charge in [-0.1, -0.05) is 22.0 Å². The second-order valence-corrected chi connectivity index (χ2v) is 4.84. The lowest BCUT2D eigenvalue weighted by Crippen LogP contribution is -2.06. The van der Waals surface area contributed by atoms with Crippen LogP contribution in [0.3, 0.4) is 0 Å². The minimum atomic E-state index is -4.39. The maximum Gasteiger partial charge on any atom is 0.417 e. The van der Waals surface area contributed by atoms with Crippen LogP contribution in [0.1, 0.15) is 11.3 Å². The first-order valence-corrected chi connectivity index (χ1v) is 6.31. The molecule has 0 unspecified atom stereocenters. The Morgan fingerprint density at radius 1 is 1.21 bits per heavy atom. The molecule has 6 heteroatoms. The van der Waals surface area contributed by atoms with Gasteiger partial charge in [0.15, 0.2) is 0 Å². The third kappa shape index (κ3) is 3.19. The van der Waals surface area contributed by atoms with E-state index < -0.39 is 11.7 Å². The van der Waals surface area contributed by atoms with Crippen molar-refractivity contribution in [3.8, 4) is 11.3 Å². The van der Waals surface area contributed by atoms with Crippen LogP contribution in [0.15, 0.2) is 39.2 Å². The number of hydrogen-bond donors (Lipinski definition) is 1. The van der Waals surface area contributed by atoms with Gasteiger partial charge in [0, 0.05) is 10.0 Å². The molecule has 1 aromatic heterocycles. The number of hydrogen-bond acceptors (Lipinski definition) is 2. The Morgan fingerprint density at radius 2 is 1.95 bits per heavy atom. The minimum Gasteiger partial charge on any atom is -0.460 e. The number of furan rings is 1. The first-order valence-electron chi connectivity index (χ1n) is 5.52. The minimum absolute atomic E-state index is 0.0192. The summed E-state index contributed by atoms with van der Waals surface area (Å²) in [5.41, 5.74) is -0.311. The van der Waals surface area contributed by atoms with E-state index in [1.165, 1.54) is 6.07 Å². The van der Waals surface area contributed by atoms with Gasteiger partial charge in [-0.25, -0.2) is 0 Å². The largest absolute Gasteiger partial charge is 0.460 e. The molecule has 0 fully saturated rings. The quantitative estimate of drug-likeness (QED) is 0.897. The number of alkyl halides is 3. The monoisotopic (exact) mass is 333 g/mol. The fourth-order valence-corrected chi connectivity index (χ4v) is 2.17. The maximum absolute atomic E-state index is 12.8. The van der Waals surface area contributed by atoms with E-state index in [9.17, 15) is 13.2 Å². The molecule has 1 N–H and O–H groups in total. The lowest BCUT2D eigenvalue weighted by molar-refractivity contribution is -0.138. The third-order valence-electron chi connectivity index (χ3n) is 2.57. The van der Waals surface area contributed by atoms with E-state index in [2.05, 4.69) is 21.2 Å². The van der Waals surface area contributed by atoms with Crippen molar-refractivity contribution in [1.29, 1.82) is 0 Å². The van der Waals surface area contributed by atoms with Gasteiger partial charge < -0.3 is 9.73 Å². The van der Waals surface area contributed by atoms with E-state index in [-0.39, 0.29) is 4.47 Å². The van der Waals surface area contributed by atoms with Crippen molar-refractivity contribution < 1.29 is 17.6 Å². The van der Waals surface area contributed by atoms with Crippen LogP contribution in [0.5, 0.6) is 0 Å². The molecule has 0 saturated heterocycles. The molecule has 0 atom stereocenters. The Hall–Kier alpha value is -1.27. The Kier molecular flexibility index (Phi) is 4.01. The molecule has 0 aliphatic rings. The third-order valence-corrected chi connectivity index (χ3v) is 3.26. The molecule has 0 spiro atoms. The lowest BCUT2D eigenvalue weighted by Gasteiger charge is -2.10. The summed E-state index contributed by atoms with van der Waals surface area (Å²) in [4.78, 5) is 0. The molecule has 2 rings (SSSR count). The van der Waals surface area contributed by atoms with Gasteiger partial charge in [-0.2, -0.15) is 13.2 Å². The zero-order valence-corrected chi connectivity index (χ0v) is 11.6. The van der Waals surface area contributed by atoms with Crippen LogP contribution < -0.4 is 5.32 Å². The highest BCUT2D eigenvalue weighted by Gasteiger charge is 2.33. The number of nitrogens with one attached hydrogen (secondary N) is 1. The fourth-order valence-electron chi connectivity index (χ4n) is 1.70. The summed E-state index contributed by atoms with van der Waals surface area (Å²) < 4.78 is 43.9.